The number of sulfonamides is 1. The van der Waals surface area contributed by atoms with Gasteiger partial charge in [0, 0.05) is 99.1 Å². The number of hydrogen-bond donors (Lipinski definition) is 17. The van der Waals surface area contributed by atoms with E-state index in [9.17, 15) is 92.7 Å². The molecule has 4 saturated heterocycles. The second-order valence-corrected chi connectivity index (χ2v) is 32.8. The summed E-state index contributed by atoms with van der Waals surface area (Å²) in [5.41, 5.74) is -0.689. The zero-order valence-corrected chi connectivity index (χ0v) is 74.1. The number of carbonyl (C=O) groups excluding carboxylic acids is 8. The highest BCUT2D eigenvalue weighted by Crippen LogP contribution is 2.28. The number of aliphatic hydroxyl groups is 9. The molecule has 4 aliphatic rings. The molecular formula is C81H141N9O36S. The fourth-order valence-electron chi connectivity index (χ4n) is 14.0. The predicted octanol–water partition coefficient (Wildman–Crippen LogP) is -6.40. The number of rotatable bonds is 70. The Labute approximate surface area is 741 Å². The van der Waals surface area contributed by atoms with E-state index in [4.69, 9.17) is 80.5 Å². The summed E-state index contributed by atoms with van der Waals surface area (Å²) in [5, 5.41) is 110. The molecule has 0 aliphatic carbocycles. The molecular weight excluding hydrogens is 1710 g/mol. The van der Waals surface area contributed by atoms with Gasteiger partial charge in [0.25, 0.3) is 0 Å². The minimum atomic E-state index is -3.67. The topological polar surface area (TPSA) is 609 Å². The van der Waals surface area contributed by atoms with E-state index in [2.05, 4.69) is 41.9 Å². The van der Waals surface area contributed by atoms with Crippen molar-refractivity contribution in [2.45, 2.75) is 200 Å². The summed E-state index contributed by atoms with van der Waals surface area (Å²) in [5.74, 6) is -3.13. The zero-order chi connectivity index (χ0) is 92.5. The van der Waals surface area contributed by atoms with Gasteiger partial charge in [-0.1, -0.05) is 30.3 Å². The quantitative estimate of drug-likeness (QED) is 0.0270. The Kier molecular flexibility index (Phi) is 57.2. The van der Waals surface area contributed by atoms with Crippen molar-refractivity contribution in [2.24, 2.45) is 0 Å². The van der Waals surface area contributed by atoms with Crippen LogP contribution in [0.1, 0.15) is 97.0 Å². The van der Waals surface area contributed by atoms with E-state index in [0.29, 0.717) is 38.5 Å². The van der Waals surface area contributed by atoms with Gasteiger partial charge in [0.1, 0.15) is 73.7 Å². The van der Waals surface area contributed by atoms with Crippen LogP contribution < -0.4 is 41.9 Å². The van der Waals surface area contributed by atoms with Gasteiger partial charge >= 0.3 is 6.09 Å². The molecule has 0 radical (unpaired) electrons. The molecule has 1 aromatic rings. The number of benzene rings is 1. The molecule has 8 amide bonds. The third-order valence-electron chi connectivity index (χ3n) is 20.6. The number of hydrogen-bond acceptors (Lipinski definition) is 36. The summed E-state index contributed by atoms with van der Waals surface area (Å²) in [6.07, 6.45) is -11.4. The van der Waals surface area contributed by atoms with Crippen molar-refractivity contribution in [2.75, 3.05) is 231 Å². The molecule has 5 rings (SSSR count). The van der Waals surface area contributed by atoms with E-state index in [1.807, 2.05) is 30.3 Å². The Hall–Kier alpha value is -6.31. The van der Waals surface area contributed by atoms with E-state index >= 15 is 0 Å². The van der Waals surface area contributed by atoms with Gasteiger partial charge in [-0.15, -0.1) is 0 Å². The number of ether oxygens (including phenoxy) is 17. The van der Waals surface area contributed by atoms with Crippen molar-refractivity contribution in [3.63, 3.8) is 0 Å². The fraction of sp³-hybridized carbons (Fsp3) is 0.827. The molecule has 45 nitrogen and oxygen atoms in total. The molecule has 732 valence electrons. The molecule has 1 aromatic carbocycles. The van der Waals surface area contributed by atoms with Gasteiger partial charge in [0.15, 0.2) is 0 Å². The lowest BCUT2D eigenvalue weighted by molar-refractivity contribution is -0.197. The summed E-state index contributed by atoms with van der Waals surface area (Å²) < 4.78 is 126. The fourth-order valence-corrected chi connectivity index (χ4v) is 15.4. The summed E-state index contributed by atoms with van der Waals surface area (Å²) in [6.45, 7) is 4.44. The number of carbonyl (C=O) groups is 8. The molecule has 0 saturated carbocycles. The number of nitrogens with zero attached hydrogens (tertiary/aromatic N) is 1. The highest BCUT2D eigenvalue weighted by molar-refractivity contribution is 7.90. The summed E-state index contributed by atoms with van der Waals surface area (Å²) in [4.78, 5) is 103. The monoisotopic (exact) mass is 1850 g/mol. The Morgan fingerprint density at radius 1 is 0.402 bits per heavy atom. The normalized spacial score (nSPS) is 23.5. The number of likely N-dealkylation sites (tertiary alicyclic amines) is 1. The molecule has 127 heavy (non-hydrogen) atoms. The van der Waals surface area contributed by atoms with Gasteiger partial charge in [-0.3, -0.25) is 33.6 Å². The molecule has 4 heterocycles. The number of nitrogens with one attached hydrogen (secondary N) is 8. The average Bonchev–Trinajstić information content (AvgIpc) is 0.818. The molecule has 4 fully saturated rings. The Bertz CT molecular complexity index is 3100. The highest BCUT2D eigenvalue weighted by atomic mass is 32.2. The maximum atomic E-state index is 13.9. The predicted molar refractivity (Wildman–Crippen MR) is 446 cm³/mol. The van der Waals surface area contributed by atoms with Crippen molar-refractivity contribution in [3.8, 4) is 0 Å². The Morgan fingerprint density at radius 2 is 0.724 bits per heavy atom. The van der Waals surface area contributed by atoms with Crippen molar-refractivity contribution in [3.05, 3.63) is 35.9 Å². The molecule has 0 bridgehead atoms. The minimum absolute atomic E-state index is 0.0324. The van der Waals surface area contributed by atoms with Crippen LogP contribution in [0.25, 0.3) is 0 Å². The highest BCUT2D eigenvalue weighted by Gasteiger charge is 2.47. The lowest BCUT2D eigenvalue weighted by atomic mass is 9.90. The molecule has 17 N–H and O–H groups in total. The SMILES string of the molecule is CC(=O)N[C@@H]1[C@@H](O)[C@@H](O)[C@@H](CO)O[C@@H]1CCCOCCOCCNC(=O)CCOCC(COCCC(=O)NCCOCCOCCC[C@H]1O[C@H](CO)[C@H](O)[C@H](O)[C@H]1NC(C)=O)(COCCC(=O)NCCOCCOCCC[C@H]1O[C@H](CO)[C@H](O)[C@H](O)[C@H]1NC(C)=O)NC(=O)COCCOCCOCCOCCNS(=O)(=O)C1CCN(C(=O)OCc2ccccc2)CC1. The van der Waals surface area contributed by atoms with E-state index < -0.39 is 186 Å². The first-order valence-electron chi connectivity index (χ1n) is 43.5. The third kappa shape index (κ3) is 45.6. The van der Waals surface area contributed by atoms with Gasteiger partial charge in [0.05, 0.1) is 207 Å². The summed E-state index contributed by atoms with van der Waals surface area (Å²) in [7, 11) is -3.67. The van der Waals surface area contributed by atoms with Crippen molar-refractivity contribution >= 4 is 57.5 Å². The van der Waals surface area contributed by atoms with Gasteiger partial charge in [-0.2, -0.15) is 0 Å². The third-order valence-corrected chi connectivity index (χ3v) is 22.5. The molecule has 0 aromatic heterocycles. The molecule has 4 aliphatic heterocycles. The van der Waals surface area contributed by atoms with Crippen LogP contribution in [0.2, 0.25) is 0 Å². The van der Waals surface area contributed by atoms with Gasteiger partial charge in [0.2, 0.25) is 51.4 Å². The average molecular weight is 1850 g/mol. The van der Waals surface area contributed by atoms with Crippen LogP contribution in [0, 0.1) is 0 Å². The standard InChI is InChI=1S/C81H141N9O36S/c1-56(94)86-71-61(124-64(48-91)74(101)77(71)104)12-7-26-110-36-39-113-32-20-82-67(97)17-29-120-53-81(54-121-30-18-68(98)83-21-33-114-40-37-111-27-8-13-62-72(87-57(2)95)78(105)75(102)65(49-92)125-62,55-122-31-19-69(99)84-22-34-115-41-38-112-28-9-14-63-73(88-58(3)96)79(106)76(103)66(50-93)126-63)89-70(100)52-119-47-46-118-45-44-117-43-42-116-35-23-85-127(108,109)60-15-24-90(25-16-60)80(107)123-51-59-10-5-4-6-11-59/h4-6,10-11,60-66,71-79,85,91-93,101-106H,7-9,12-55H2,1-3H3,(H,82,97)(H,83,98)(H,84,99)(H,86,94)(H,87,95)(H,88,96)(H,89,100)/t61-,62-,63-,64-,65-,66-,71+,72+,73+,74+,75+,76+,77-,78-,79-/m1/s1. The number of piperidine rings is 1. The van der Waals surface area contributed by atoms with Crippen LogP contribution >= 0.6 is 0 Å². The van der Waals surface area contributed by atoms with Crippen molar-refractivity contribution < 1.29 is 173 Å². The second-order valence-electron chi connectivity index (χ2n) is 30.8. The van der Waals surface area contributed by atoms with Crippen molar-refractivity contribution in [1.29, 1.82) is 0 Å². The van der Waals surface area contributed by atoms with E-state index in [0.717, 1.165) is 5.56 Å². The first kappa shape index (κ1) is 111. The van der Waals surface area contributed by atoms with Crippen LogP contribution in [0.15, 0.2) is 30.3 Å². The van der Waals surface area contributed by atoms with Crippen LogP contribution in [0.3, 0.4) is 0 Å². The number of amides is 8. The summed E-state index contributed by atoms with van der Waals surface area (Å²) >= 11 is 0. The Morgan fingerprint density at radius 3 is 1.06 bits per heavy atom. The maximum Gasteiger partial charge on any atom is 0.410 e. The molecule has 46 heteroatoms. The summed E-state index contributed by atoms with van der Waals surface area (Å²) in [6, 6.07) is 6.56. The smallest absolute Gasteiger partial charge is 0.410 e. The van der Waals surface area contributed by atoms with Gasteiger partial charge in [-0.25, -0.2) is 17.9 Å². The molecule has 15 atom stereocenters. The van der Waals surface area contributed by atoms with Gasteiger partial charge < -0.3 is 169 Å². The lowest BCUT2D eigenvalue weighted by Crippen LogP contribution is -2.63. The molecule has 0 spiro atoms. The lowest BCUT2D eigenvalue weighted by Gasteiger charge is -2.42. The zero-order valence-electron chi connectivity index (χ0n) is 73.3. The largest absolute Gasteiger partial charge is 0.445 e. The van der Waals surface area contributed by atoms with E-state index in [1.54, 1.807) is 0 Å². The molecule has 0 unspecified atom stereocenters. The minimum Gasteiger partial charge on any atom is -0.445 e. The number of aliphatic hydroxyl groups excluding tert-OH is 9. The second kappa shape index (κ2) is 65.3. The Balaban J connectivity index is 1.08. The first-order valence-corrected chi connectivity index (χ1v) is 45.0. The van der Waals surface area contributed by atoms with E-state index in [-0.39, 0.29) is 243 Å². The maximum absolute atomic E-state index is 13.9. The van der Waals surface area contributed by atoms with Gasteiger partial charge in [-0.05, 0) is 56.9 Å². The van der Waals surface area contributed by atoms with Crippen LogP contribution in [0.5, 0.6) is 0 Å². The van der Waals surface area contributed by atoms with E-state index in [1.165, 1.54) is 25.7 Å². The first-order chi connectivity index (χ1) is 61.2. The van der Waals surface area contributed by atoms with Crippen LogP contribution in [0.4, 0.5) is 4.79 Å². The van der Waals surface area contributed by atoms with Crippen LogP contribution in [-0.2, 0) is 131 Å². The van der Waals surface area contributed by atoms with Crippen LogP contribution in [-0.4, -0.2) is 440 Å². The van der Waals surface area contributed by atoms with Crippen molar-refractivity contribution in [1.82, 2.24) is 46.8 Å².